The van der Waals surface area contributed by atoms with Crippen molar-refractivity contribution >= 4 is 27.4 Å². The Balaban J connectivity index is 1.32. The Morgan fingerprint density at radius 3 is 2.79 bits per heavy atom. The first-order valence-corrected chi connectivity index (χ1v) is 10.1. The Bertz CT molecular complexity index is 1130. The lowest BCUT2D eigenvalue weighted by molar-refractivity contribution is 0.243. The number of H-pyrrole nitrogens is 1. The second kappa shape index (κ2) is 7.21. The first kappa shape index (κ1) is 17.2. The highest BCUT2D eigenvalue weighted by atomic mass is 32.1. The first-order chi connectivity index (χ1) is 13.8. The number of furan rings is 1. The number of piperazine rings is 1. The number of thiophene rings is 1. The van der Waals surface area contributed by atoms with Crippen molar-refractivity contribution in [3.8, 4) is 11.3 Å². The molecule has 0 aliphatic carbocycles. The van der Waals surface area contributed by atoms with Crippen LogP contribution in [-0.4, -0.2) is 46.0 Å². The van der Waals surface area contributed by atoms with Crippen LogP contribution in [0.15, 0.2) is 57.4 Å². The van der Waals surface area contributed by atoms with Crippen LogP contribution in [-0.2, 0) is 6.54 Å². The van der Waals surface area contributed by atoms with Gasteiger partial charge in [0.15, 0.2) is 0 Å². The van der Waals surface area contributed by atoms with Crippen LogP contribution in [0.4, 0.5) is 5.82 Å². The zero-order valence-electron chi connectivity index (χ0n) is 15.2. The number of fused-ring (bicyclic) bond motifs is 1. The third-order valence-electron chi connectivity index (χ3n) is 5.00. The Kier molecular flexibility index (Phi) is 4.42. The number of rotatable bonds is 4. The summed E-state index contributed by atoms with van der Waals surface area (Å²) in [4.78, 5) is 30.1. The number of aromatic nitrogens is 3. The lowest BCUT2D eigenvalue weighted by Gasteiger charge is -2.35. The molecule has 5 heterocycles. The van der Waals surface area contributed by atoms with Crippen molar-refractivity contribution in [2.75, 3.05) is 31.1 Å². The van der Waals surface area contributed by atoms with E-state index in [1.807, 2.05) is 41.9 Å². The molecule has 0 bridgehead atoms. The highest BCUT2D eigenvalue weighted by Gasteiger charge is 2.20. The summed E-state index contributed by atoms with van der Waals surface area (Å²) in [6, 6.07) is 9.65. The average Bonchev–Trinajstić information content (AvgIpc) is 3.39. The zero-order valence-corrected chi connectivity index (χ0v) is 16.0. The molecular weight excluding hydrogens is 374 g/mol. The van der Waals surface area contributed by atoms with Gasteiger partial charge in [-0.1, -0.05) is 6.07 Å². The van der Waals surface area contributed by atoms with Crippen LogP contribution in [0.1, 0.15) is 5.82 Å². The summed E-state index contributed by atoms with van der Waals surface area (Å²) in [5, 5.41) is 2.53. The van der Waals surface area contributed by atoms with Crippen molar-refractivity contribution in [1.29, 1.82) is 0 Å². The third-order valence-corrected chi connectivity index (χ3v) is 5.87. The number of hydrogen-bond donors (Lipinski definition) is 1. The minimum atomic E-state index is -0.111. The van der Waals surface area contributed by atoms with E-state index in [9.17, 15) is 4.79 Å². The average molecular weight is 393 g/mol. The number of pyridine rings is 1. The number of nitrogens with zero attached hydrogens (tertiary/aromatic N) is 4. The molecule has 1 saturated heterocycles. The lowest BCUT2D eigenvalue weighted by atomic mass is 10.2. The molecule has 4 aromatic rings. The zero-order chi connectivity index (χ0) is 18.9. The molecule has 8 heteroatoms. The standard InChI is InChI=1S/C20H19N5O2S/c26-19-18-14(15-4-3-11-27-15)13-28-20(18)23-16(22-19)12-24-7-9-25(10-8-24)17-5-1-2-6-21-17/h1-6,11,13H,7-10,12H2,(H,22,23,26). The molecule has 0 atom stereocenters. The summed E-state index contributed by atoms with van der Waals surface area (Å²) in [7, 11) is 0. The molecule has 1 N–H and O–H groups in total. The van der Waals surface area contributed by atoms with Gasteiger partial charge in [0.1, 0.15) is 22.2 Å². The molecule has 1 aliphatic heterocycles. The summed E-state index contributed by atoms with van der Waals surface area (Å²) in [5.41, 5.74) is 0.689. The fourth-order valence-electron chi connectivity index (χ4n) is 3.57. The van der Waals surface area contributed by atoms with Crippen LogP contribution < -0.4 is 10.5 Å². The fraction of sp³-hybridized carbons (Fsp3) is 0.250. The van der Waals surface area contributed by atoms with Gasteiger partial charge in [0.05, 0.1) is 18.2 Å². The number of hydrogen-bond acceptors (Lipinski definition) is 7. The summed E-state index contributed by atoms with van der Waals surface area (Å²) in [6.07, 6.45) is 3.43. The maximum atomic E-state index is 12.7. The van der Waals surface area contributed by atoms with Gasteiger partial charge in [0.2, 0.25) is 0 Å². The molecule has 1 fully saturated rings. The lowest BCUT2D eigenvalue weighted by Crippen LogP contribution is -2.46. The molecule has 7 nitrogen and oxygen atoms in total. The summed E-state index contributed by atoms with van der Waals surface area (Å²) in [6.45, 7) is 4.26. The van der Waals surface area contributed by atoms with E-state index >= 15 is 0 Å². The Morgan fingerprint density at radius 1 is 1.14 bits per heavy atom. The van der Waals surface area contributed by atoms with Gasteiger partial charge in [-0.2, -0.15) is 0 Å². The summed E-state index contributed by atoms with van der Waals surface area (Å²) < 4.78 is 5.45. The van der Waals surface area contributed by atoms with E-state index in [4.69, 9.17) is 9.40 Å². The van der Waals surface area contributed by atoms with Crippen molar-refractivity contribution in [2.45, 2.75) is 6.54 Å². The Hall–Kier alpha value is -2.97. The van der Waals surface area contributed by atoms with Gasteiger partial charge in [-0.3, -0.25) is 9.69 Å². The van der Waals surface area contributed by atoms with E-state index in [0.717, 1.165) is 42.4 Å². The van der Waals surface area contributed by atoms with Crippen LogP contribution in [0.5, 0.6) is 0 Å². The quantitative estimate of drug-likeness (QED) is 0.574. The van der Waals surface area contributed by atoms with Gasteiger partial charge in [0, 0.05) is 43.3 Å². The Morgan fingerprint density at radius 2 is 2.04 bits per heavy atom. The monoisotopic (exact) mass is 393 g/mol. The fourth-order valence-corrected chi connectivity index (χ4v) is 4.52. The second-order valence-electron chi connectivity index (χ2n) is 6.77. The van der Waals surface area contributed by atoms with E-state index in [0.29, 0.717) is 23.5 Å². The molecule has 0 unspecified atom stereocenters. The van der Waals surface area contributed by atoms with Gasteiger partial charge in [0.25, 0.3) is 5.56 Å². The van der Waals surface area contributed by atoms with E-state index in [1.165, 1.54) is 11.3 Å². The molecule has 28 heavy (non-hydrogen) atoms. The molecule has 0 spiro atoms. The normalized spacial score (nSPS) is 15.4. The number of nitrogens with one attached hydrogen (secondary N) is 1. The van der Waals surface area contributed by atoms with Gasteiger partial charge in [-0.05, 0) is 24.3 Å². The van der Waals surface area contributed by atoms with Gasteiger partial charge >= 0.3 is 0 Å². The SMILES string of the molecule is O=c1[nH]c(CN2CCN(c3ccccn3)CC2)nc2scc(-c3ccco3)c12. The summed E-state index contributed by atoms with van der Waals surface area (Å²) in [5.74, 6) is 2.41. The molecule has 0 amide bonds. The highest BCUT2D eigenvalue weighted by molar-refractivity contribution is 7.17. The number of anilines is 1. The minimum absolute atomic E-state index is 0.111. The smallest absolute Gasteiger partial charge is 0.260 e. The van der Waals surface area contributed by atoms with Crippen LogP contribution in [0.3, 0.4) is 0 Å². The van der Waals surface area contributed by atoms with Crippen molar-refractivity contribution in [1.82, 2.24) is 19.9 Å². The van der Waals surface area contributed by atoms with E-state index in [2.05, 4.69) is 19.8 Å². The van der Waals surface area contributed by atoms with Crippen LogP contribution >= 0.6 is 11.3 Å². The topological polar surface area (TPSA) is 78.3 Å². The molecule has 0 radical (unpaired) electrons. The largest absolute Gasteiger partial charge is 0.464 e. The third kappa shape index (κ3) is 3.21. The van der Waals surface area contributed by atoms with Crippen molar-refractivity contribution in [3.63, 3.8) is 0 Å². The maximum absolute atomic E-state index is 12.7. The van der Waals surface area contributed by atoms with Gasteiger partial charge in [-0.25, -0.2) is 9.97 Å². The molecule has 5 rings (SSSR count). The second-order valence-corrected chi connectivity index (χ2v) is 7.63. The van der Waals surface area contributed by atoms with Gasteiger partial charge in [-0.15, -0.1) is 11.3 Å². The first-order valence-electron chi connectivity index (χ1n) is 9.20. The van der Waals surface area contributed by atoms with Crippen LogP contribution in [0.2, 0.25) is 0 Å². The van der Waals surface area contributed by atoms with Crippen molar-refractivity contribution in [2.24, 2.45) is 0 Å². The molecule has 0 saturated carbocycles. The molecule has 4 aromatic heterocycles. The van der Waals surface area contributed by atoms with E-state index in [-0.39, 0.29) is 5.56 Å². The maximum Gasteiger partial charge on any atom is 0.260 e. The molecule has 142 valence electrons. The highest BCUT2D eigenvalue weighted by Crippen LogP contribution is 2.30. The van der Waals surface area contributed by atoms with Crippen molar-refractivity contribution < 1.29 is 4.42 Å². The minimum Gasteiger partial charge on any atom is -0.464 e. The van der Waals surface area contributed by atoms with E-state index in [1.54, 1.807) is 6.26 Å². The van der Waals surface area contributed by atoms with Crippen LogP contribution in [0, 0.1) is 0 Å². The Labute approximate surface area is 165 Å². The predicted octanol–water partition coefficient (Wildman–Crippen LogP) is 2.96. The predicted molar refractivity (Wildman–Crippen MR) is 110 cm³/mol. The molecule has 1 aliphatic rings. The van der Waals surface area contributed by atoms with Crippen molar-refractivity contribution in [3.05, 3.63) is 64.4 Å². The van der Waals surface area contributed by atoms with Crippen LogP contribution in [0.25, 0.3) is 21.5 Å². The molecular formula is C20H19N5O2S. The number of aromatic amines is 1. The molecule has 0 aromatic carbocycles. The summed E-state index contributed by atoms with van der Waals surface area (Å²) >= 11 is 1.47. The van der Waals surface area contributed by atoms with Gasteiger partial charge < -0.3 is 14.3 Å². The van der Waals surface area contributed by atoms with E-state index < -0.39 is 0 Å².